The first kappa shape index (κ1) is 15.0. The van der Waals surface area contributed by atoms with Crippen LogP contribution in [0.5, 0.6) is 0 Å². The molecule has 0 spiro atoms. The minimum atomic E-state index is -0.535. The molecule has 1 aromatic rings. The predicted molar refractivity (Wildman–Crippen MR) is 84.4 cm³/mol. The van der Waals surface area contributed by atoms with E-state index in [0.29, 0.717) is 11.9 Å². The minimum Gasteiger partial charge on any atom is -0.370 e. The van der Waals surface area contributed by atoms with Gasteiger partial charge in [-0.05, 0) is 38.1 Å². The number of nitrogens with one attached hydrogen (secondary N) is 2. The van der Waals surface area contributed by atoms with Crippen LogP contribution in [0.2, 0.25) is 0 Å². The van der Waals surface area contributed by atoms with Crippen LogP contribution in [0.1, 0.15) is 13.8 Å². The van der Waals surface area contributed by atoms with Crippen molar-refractivity contribution in [2.24, 2.45) is 15.7 Å². The predicted octanol–water partition coefficient (Wildman–Crippen LogP) is 2.45. The molecule has 0 aromatic heterocycles. The molecular weight excluding hydrogens is 362 g/mol. The van der Waals surface area contributed by atoms with Crippen LogP contribution >= 0.6 is 32.9 Å². The Morgan fingerprint density at radius 3 is 2.39 bits per heavy atom. The van der Waals surface area contributed by atoms with E-state index in [1.54, 1.807) is 0 Å². The molecule has 1 aliphatic rings. The molecule has 0 bridgehead atoms. The average Bonchev–Trinajstić information content (AvgIpc) is 2.18. The number of rotatable bonds is 1. The van der Waals surface area contributed by atoms with E-state index in [2.05, 4.69) is 36.5 Å². The topological polar surface area (TPSA) is 74.8 Å². The summed E-state index contributed by atoms with van der Waals surface area (Å²) < 4.78 is 1.03. The molecule has 0 atom stereocenters. The Kier molecular flexibility index (Phi) is 4.75. The molecule has 0 fully saturated rings. The van der Waals surface area contributed by atoms with E-state index in [1.165, 1.54) is 0 Å². The van der Waals surface area contributed by atoms with E-state index >= 15 is 0 Å². The second kappa shape index (κ2) is 5.71. The van der Waals surface area contributed by atoms with Crippen molar-refractivity contribution < 1.29 is 0 Å². The van der Waals surface area contributed by atoms with Gasteiger partial charge >= 0.3 is 0 Å². The van der Waals surface area contributed by atoms with Gasteiger partial charge < -0.3 is 11.1 Å². The first-order valence-corrected chi connectivity index (χ1v) is 5.99. The Bertz CT molecular complexity index is 479. The molecule has 98 valence electrons. The second-order valence-corrected chi connectivity index (χ2v) is 5.12. The first-order chi connectivity index (χ1) is 7.94. The largest absolute Gasteiger partial charge is 0.370 e. The number of nitrogens with zero attached hydrogens (tertiary/aromatic N) is 2. The lowest BCUT2D eigenvalue weighted by Crippen LogP contribution is -2.47. The molecule has 2 rings (SSSR count). The van der Waals surface area contributed by atoms with Crippen molar-refractivity contribution in [2.45, 2.75) is 19.5 Å². The van der Waals surface area contributed by atoms with E-state index < -0.39 is 5.66 Å². The minimum absolute atomic E-state index is 0. The molecule has 1 heterocycles. The van der Waals surface area contributed by atoms with Gasteiger partial charge in [0, 0.05) is 10.2 Å². The van der Waals surface area contributed by atoms with Gasteiger partial charge in [0.25, 0.3) is 0 Å². The maximum Gasteiger partial charge on any atom is 0.205 e. The summed E-state index contributed by atoms with van der Waals surface area (Å²) in [6.45, 7) is 3.79. The zero-order chi connectivity index (χ0) is 12.5. The molecule has 0 aliphatic carbocycles. The second-order valence-electron chi connectivity index (χ2n) is 4.21. The Morgan fingerprint density at radius 1 is 1.22 bits per heavy atom. The maximum absolute atomic E-state index is 5.69. The van der Waals surface area contributed by atoms with Crippen LogP contribution < -0.4 is 16.4 Å². The molecule has 1 aliphatic heterocycles. The van der Waals surface area contributed by atoms with Crippen molar-refractivity contribution in [1.29, 1.82) is 0 Å². The fourth-order valence-electron chi connectivity index (χ4n) is 1.50. The maximum atomic E-state index is 5.69. The van der Waals surface area contributed by atoms with Gasteiger partial charge in [-0.25, -0.2) is 9.98 Å². The Balaban J connectivity index is 0.00000162. The highest BCUT2D eigenvalue weighted by Gasteiger charge is 2.21. The van der Waals surface area contributed by atoms with Crippen molar-refractivity contribution in [2.75, 3.05) is 5.32 Å². The molecule has 0 radical (unpaired) electrons. The van der Waals surface area contributed by atoms with E-state index in [-0.39, 0.29) is 17.0 Å². The molecule has 0 saturated carbocycles. The first-order valence-electron chi connectivity index (χ1n) is 5.19. The van der Waals surface area contributed by atoms with Crippen LogP contribution in [-0.2, 0) is 0 Å². The van der Waals surface area contributed by atoms with Crippen molar-refractivity contribution in [1.82, 2.24) is 5.32 Å². The summed E-state index contributed by atoms with van der Waals surface area (Å²) in [7, 11) is 0. The van der Waals surface area contributed by atoms with E-state index in [0.717, 1.165) is 10.2 Å². The number of hydrogen-bond donors (Lipinski definition) is 3. The Labute approximate surface area is 125 Å². The van der Waals surface area contributed by atoms with Crippen molar-refractivity contribution >= 4 is 50.5 Å². The number of hydrogen-bond acceptors (Lipinski definition) is 5. The van der Waals surface area contributed by atoms with Crippen LogP contribution in [0.4, 0.5) is 5.69 Å². The Hall–Kier alpha value is -1.08. The summed E-state index contributed by atoms with van der Waals surface area (Å²) in [5.41, 5.74) is 6.09. The normalized spacial score (nSPS) is 16.8. The van der Waals surface area contributed by atoms with Crippen molar-refractivity contribution in [3.63, 3.8) is 0 Å². The fourth-order valence-corrected chi connectivity index (χ4v) is 1.76. The molecule has 0 saturated heterocycles. The standard InChI is InChI=1S/C11H14BrN5.BrH/c1-11(2)16-9(13)15-10(17-11)14-8-5-3-7(12)4-6-8;/h3-6H,1-2H3,(H4,13,14,15,16,17);1H. The average molecular weight is 377 g/mol. The zero-order valence-electron chi connectivity index (χ0n) is 10.1. The summed E-state index contributed by atoms with van der Waals surface area (Å²) >= 11 is 3.39. The lowest BCUT2D eigenvalue weighted by Gasteiger charge is -2.24. The molecule has 18 heavy (non-hydrogen) atoms. The molecule has 0 amide bonds. The Morgan fingerprint density at radius 2 is 1.83 bits per heavy atom. The highest BCUT2D eigenvalue weighted by molar-refractivity contribution is 9.10. The van der Waals surface area contributed by atoms with E-state index in [9.17, 15) is 0 Å². The van der Waals surface area contributed by atoms with Crippen molar-refractivity contribution in [3.8, 4) is 0 Å². The third-order valence-electron chi connectivity index (χ3n) is 2.13. The smallest absolute Gasteiger partial charge is 0.205 e. The van der Waals surface area contributed by atoms with Gasteiger partial charge in [-0.1, -0.05) is 15.9 Å². The number of halogens is 2. The number of benzene rings is 1. The summed E-state index contributed by atoms with van der Waals surface area (Å²) in [6, 6.07) is 7.80. The van der Waals surface area contributed by atoms with Crippen LogP contribution in [-0.4, -0.2) is 17.6 Å². The summed E-state index contributed by atoms with van der Waals surface area (Å²) in [5, 5.41) is 6.04. The monoisotopic (exact) mass is 375 g/mol. The number of nitrogens with two attached hydrogens (primary N) is 1. The van der Waals surface area contributed by atoms with Crippen LogP contribution in [0.15, 0.2) is 38.7 Å². The molecule has 7 heteroatoms. The third-order valence-corrected chi connectivity index (χ3v) is 2.66. The number of guanidine groups is 2. The molecule has 1 aromatic carbocycles. The fraction of sp³-hybridized carbons (Fsp3) is 0.273. The van der Waals surface area contributed by atoms with Crippen LogP contribution in [0.3, 0.4) is 0 Å². The quantitative estimate of drug-likeness (QED) is 0.704. The highest BCUT2D eigenvalue weighted by atomic mass is 79.9. The van der Waals surface area contributed by atoms with Gasteiger partial charge in [0.05, 0.1) is 0 Å². The highest BCUT2D eigenvalue weighted by Crippen LogP contribution is 2.16. The SMILES string of the molecule is Br.CC1(C)N=C(N)NC(Nc2ccc(Br)cc2)=N1. The van der Waals surface area contributed by atoms with E-state index in [4.69, 9.17) is 5.73 Å². The lowest BCUT2D eigenvalue weighted by atomic mass is 10.2. The summed E-state index contributed by atoms with van der Waals surface area (Å²) in [6.07, 6.45) is 0. The molecule has 5 nitrogen and oxygen atoms in total. The summed E-state index contributed by atoms with van der Waals surface area (Å²) in [4.78, 5) is 8.57. The molecular formula is C11H15Br2N5. The van der Waals surface area contributed by atoms with Crippen LogP contribution in [0.25, 0.3) is 0 Å². The molecule has 4 N–H and O–H groups in total. The van der Waals surface area contributed by atoms with Gasteiger partial charge in [-0.15, -0.1) is 17.0 Å². The molecule has 0 unspecified atom stereocenters. The summed E-state index contributed by atoms with van der Waals surface area (Å²) in [5.74, 6) is 0.967. The lowest BCUT2D eigenvalue weighted by molar-refractivity contribution is 0.541. The van der Waals surface area contributed by atoms with Crippen molar-refractivity contribution in [3.05, 3.63) is 28.7 Å². The van der Waals surface area contributed by atoms with E-state index in [1.807, 2.05) is 38.1 Å². The van der Waals surface area contributed by atoms with Gasteiger partial charge in [-0.3, -0.25) is 5.32 Å². The zero-order valence-corrected chi connectivity index (χ0v) is 13.4. The van der Waals surface area contributed by atoms with Gasteiger partial charge in [0.1, 0.15) is 0 Å². The number of aliphatic imine (C=N–C) groups is 2. The number of anilines is 1. The van der Waals surface area contributed by atoms with Crippen LogP contribution in [0, 0.1) is 0 Å². The third kappa shape index (κ3) is 3.99. The van der Waals surface area contributed by atoms with Gasteiger partial charge in [0.2, 0.25) is 5.96 Å². The van der Waals surface area contributed by atoms with Gasteiger partial charge in [0.15, 0.2) is 11.6 Å². The van der Waals surface area contributed by atoms with Gasteiger partial charge in [-0.2, -0.15) is 0 Å².